The van der Waals surface area contributed by atoms with Crippen LogP contribution in [0, 0.1) is 0 Å². The lowest BCUT2D eigenvalue weighted by atomic mass is 10.0. The van der Waals surface area contributed by atoms with E-state index in [-0.39, 0.29) is 9.80 Å². The second-order valence-electron chi connectivity index (χ2n) is 7.90. The highest BCUT2D eigenvalue weighted by molar-refractivity contribution is 7.95. The maximum absolute atomic E-state index is 13.5. The number of nitrogens with zero attached hydrogens (tertiary/aromatic N) is 1. The summed E-state index contributed by atoms with van der Waals surface area (Å²) < 4.78 is 27.1. The highest BCUT2D eigenvalue weighted by Crippen LogP contribution is 2.45. The molecule has 0 aliphatic carbocycles. The summed E-state index contributed by atoms with van der Waals surface area (Å²) in [4.78, 5) is 14.2. The summed E-state index contributed by atoms with van der Waals surface area (Å²) >= 11 is 6.04. The van der Waals surface area contributed by atoms with Gasteiger partial charge < -0.3 is 5.11 Å². The maximum Gasteiger partial charge on any atom is 0.295 e. The molecule has 0 saturated heterocycles. The lowest BCUT2D eigenvalue weighted by molar-refractivity contribution is -0.117. The van der Waals surface area contributed by atoms with Crippen molar-refractivity contribution >= 4 is 33.0 Å². The summed E-state index contributed by atoms with van der Waals surface area (Å²) in [5, 5.41) is 11.3. The number of carbonyl (C=O) groups is 1. The SMILES string of the molecule is CC(C)c1ccc(N2C(=O)C(O)=C(S(=O)(=O)c3ccccc3)C2c2ccc(Cl)cc2)cc1. The van der Waals surface area contributed by atoms with Crippen LogP contribution in [0.5, 0.6) is 0 Å². The van der Waals surface area contributed by atoms with E-state index in [0.29, 0.717) is 22.2 Å². The largest absolute Gasteiger partial charge is 0.502 e. The molecule has 3 aromatic carbocycles. The average molecular weight is 468 g/mol. The Morgan fingerprint density at radius 1 is 0.906 bits per heavy atom. The molecule has 1 aliphatic heterocycles. The zero-order valence-corrected chi connectivity index (χ0v) is 19.1. The Bertz CT molecular complexity index is 1280. The van der Waals surface area contributed by atoms with Crippen LogP contribution >= 0.6 is 11.6 Å². The Morgan fingerprint density at radius 2 is 1.50 bits per heavy atom. The standard InChI is InChI=1S/C25H22ClNO4S/c1-16(2)17-10-14-20(15-11-17)27-22(18-8-12-19(26)13-9-18)24(23(28)25(27)29)32(30,31)21-6-4-3-5-7-21/h3-16,22,28H,1-2H3. The summed E-state index contributed by atoms with van der Waals surface area (Å²) in [6, 6.07) is 20.7. The van der Waals surface area contributed by atoms with E-state index < -0.39 is 27.5 Å². The quantitative estimate of drug-likeness (QED) is 0.515. The van der Waals surface area contributed by atoms with Gasteiger partial charge >= 0.3 is 0 Å². The number of rotatable bonds is 5. The molecule has 1 heterocycles. The molecule has 0 saturated carbocycles. The molecule has 1 unspecified atom stereocenters. The fourth-order valence-corrected chi connectivity index (χ4v) is 5.59. The monoisotopic (exact) mass is 467 g/mol. The van der Waals surface area contributed by atoms with Crippen molar-refractivity contribution in [1.29, 1.82) is 0 Å². The second kappa shape index (κ2) is 8.45. The topological polar surface area (TPSA) is 74.7 Å². The lowest BCUT2D eigenvalue weighted by Crippen LogP contribution is -2.31. The molecule has 0 spiro atoms. The Morgan fingerprint density at radius 3 is 2.06 bits per heavy atom. The molecule has 0 aromatic heterocycles. The number of aliphatic hydroxyl groups excluding tert-OH is 1. The molecule has 1 atom stereocenters. The first-order chi connectivity index (χ1) is 15.2. The van der Waals surface area contributed by atoms with Gasteiger partial charge in [-0.3, -0.25) is 9.69 Å². The molecule has 0 bridgehead atoms. The number of amides is 1. The molecule has 164 valence electrons. The van der Waals surface area contributed by atoms with Gasteiger partial charge in [0.2, 0.25) is 9.84 Å². The highest BCUT2D eigenvalue weighted by atomic mass is 35.5. The van der Waals surface area contributed by atoms with Crippen molar-refractivity contribution in [3.05, 3.63) is 106 Å². The first-order valence-electron chi connectivity index (χ1n) is 10.1. The molecule has 32 heavy (non-hydrogen) atoms. The summed E-state index contributed by atoms with van der Waals surface area (Å²) in [7, 11) is -4.16. The second-order valence-corrected chi connectivity index (χ2v) is 10.3. The van der Waals surface area contributed by atoms with E-state index in [2.05, 4.69) is 13.8 Å². The van der Waals surface area contributed by atoms with E-state index in [1.54, 1.807) is 54.6 Å². The van der Waals surface area contributed by atoms with E-state index >= 15 is 0 Å². The Kier molecular flexibility index (Phi) is 5.84. The molecule has 1 N–H and O–H groups in total. The number of hydrogen-bond acceptors (Lipinski definition) is 4. The van der Waals surface area contributed by atoms with Gasteiger partial charge in [-0.1, -0.05) is 67.9 Å². The van der Waals surface area contributed by atoms with Gasteiger partial charge in [0.05, 0.1) is 4.90 Å². The number of benzene rings is 3. The van der Waals surface area contributed by atoms with Gasteiger partial charge in [-0.2, -0.15) is 0 Å². The number of hydrogen-bond donors (Lipinski definition) is 1. The van der Waals surface area contributed by atoms with Crippen molar-refractivity contribution in [1.82, 2.24) is 0 Å². The molecule has 0 fully saturated rings. The average Bonchev–Trinajstić information content (AvgIpc) is 3.06. The van der Waals surface area contributed by atoms with Crippen molar-refractivity contribution in [2.24, 2.45) is 0 Å². The van der Waals surface area contributed by atoms with Crippen LogP contribution < -0.4 is 4.90 Å². The van der Waals surface area contributed by atoms with Crippen LogP contribution in [0.25, 0.3) is 0 Å². The Labute approximate surface area is 192 Å². The van der Waals surface area contributed by atoms with Gasteiger partial charge in [0, 0.05) is 10.7 Å². The Hall–Kier alpha value is -3.09. The first kappa shape index (κ1) is 22.1. The molecular weight excluding hydrogens is 446 g/mol. The smallest absolute Gasteiger partial charge is 0.295 e. The number of anilines is 1. The van der Waals surface area contributed by atoms with Crippen molar-refractivity contribution in [3.63, 3.8) is 0 Å². The fraction of sp³-hybridized carbons (Fsp3) is 0.160. The summed E-state index contributed by atoms with van der Waals surface area (Å²) in [5.41, 5.74) is 2.09. The minimum atomic E-state index is -4.16. The predicted octanol–water partition coefficient (Wildman–Crippen LogP) is 5.79. The molecule has 7 heteroatoms. The molecule has 1 amide bonds. The number of sulfone groups is 1. The van der Waals surface area contributed by atoms with Crippen molar-refractivity contribution in [2.75, 3.05) is 4.90 Å². The predicted molar refractivity (Wildman–Crippen MR) is 125 cm³/mol. The molecule has 5 nitrogen and oxygen atoms in total. The zero-order chi connectivity index (χ0) is 23.0. The third-order valence-electron chi connectivity index (χ3n) is 5.53. The van der Waals surface area contributed by atoms with Crippen LogP contribution in [0.2, 0.25) is 5.02 Å². The number of carbonyl (C=O) groups excluding carboxylic acids is 1. The van der Waals surface area contributed by atoms with Crippen molar-refractivity contribution < 1.29 is 18.3 Å². The molecule has 0 radical (unpaired) electrons. The summed E-state index contributed by atoms with van der Waals surface area (Å²) in [6.45, 7) is 4.12. The Balaban J connectivity index is 1.90. The van der Waals surface area contributed by atoms with E-state index in [4.69, 9.17) is 11.6 Å². The van der Waals surface area contributed by atoms with Crippen LogP contribution in [-0.4, -0.2) is 19.4 Å². The highest BCUT2D eigenvalue weighted by Gasteiger charge is 2.47. The first-order valence-corrected chi connectivity index (χ1v) is 12.0. The van der Waals surface area contributed by atoms with Crippen LogP contribution in [-0.2, 0) is 14.6 Å². The van der Waals surface area contributed by atoms with Gasteiger partial charge in [-0.15, -0.1) is 0 Å². The van der Waals surface area contributed by atoms with Crippen molar-refractivity contribution in [3.8, 4) is 0 Å². The van der Waals surface area contributed by atoms with Gasteiger partial charge in [-0.25, -0.2) is 8.42 Å². The molecular formula is C25H22ClNO4S. The third-order valence-corrected chi connectivity index (χ3v) is 7.67. The van der Waals surface area contributed by atoms with Crippen molar-refractivity contribution in [2.45, 2.75) is 30.7 Å². The fourth-order valence-electron chi connectivity index (χ4n) is 3.82. The minimum Gasteiger partial charge on any atom is -0.502 e. The van der Waals surface area contributed by atoms with Gasteiger partial charge in [0.15, 0.2) is 5.76 Å². The molecule has 4 rings (SSSR count). The normalized spacial score (nSPS) is 16.8. The van der Waals surface area contributed by atoms with E-state index in [1.165, 1.54) is 17.0 Å². The van der Waals surface area contributed by atoms with E-state index in [1.807, 2.05) is 12.1 Å². The molecule has 1 aliphatic rings. The minimum absolute atomic E-state index is 0.00493. The lowest BCUT2D eigenvalue weighted by Gasteiger charge is -2.27. The van der Waals surface area contributed by atoms with Crippen LogP contribution in [0.4, 0.5) is 5.69 Å². The van der Waals surface area contributed by atoms with E-state index in [0.717, 1.165) is 5.56 Å². The van der Waals surface area contributed by atoms with Gasteiger partial charge in [0.1, 0.15) is 10.9 Å². The zero-order valence-electron chi connectivity index (χ0n) is 17.6. The molecule has 3 aromatic rings. The van der Waals surface area contributed by atoms with Crippen LogP contribution in [0.3, 0.4) is 0 Å². The van der Waals surface area contributed by atoms with Crippen LogP contribution in [0.15, 0.2) is 94.4 Å². The third kappa shape index (κ3) is 3.80. The van der Waals surface area contributed by atoms with Gasteiger partial charge in [-0.05, 0) is 53.4 Å². The van der Waals surface area contributed by atoms with Gasteiger partial charge in [0.25, 0.3) is 5.91 Å². The summed E-state index contributed by atoms with van der Waals surface area (Å²) in [5.74, 6) is -1.25. The maximum atomic E-state index is 13.5. The van der Waals surface area contributed by atoms with Crippen LogP contribution in [0.1, 0.15) is 36.9 Å². The number of halogens is 1. The van der Waals surface area contributed by atoms with E-state index in [9.17, 15) is 18.3 Å². The number of aliphatic hydroxyl groups is 1. The summed E-state index contributed by atoms with van der Waals surface area (Å²) in [6.07, 6.45) is 0.